The van der Waals surface area contributed by atoms with E-state index >= 15 is 0 Å². The number of aryl methyl sites for hydroxylation is 1. The molecule has 4 rings (SSSR count). The molecule has 120 valence electrons. The van der Waals surface area contributed by atoms with Crippen LogP contribution in [0.5, 0.6) is 0 Å². The number of fused-ring (bicyclic) bond motifs is 2. The monoisotopic (exact) mass is 311 g/mol. The summed E-state index contributed by atoms with van der Waals surface area (Å²) >= 11 is 0. The van der Waals surface area contributed by atoms with Crippen LogP contribution in [0.15, 0.2) is 30.5 Å². The lowest BCUT2D eigenvalue weighted by Gasteiger charge is -2.36. The molecule has 2 aliphatic rings. The number of imidazole rings is 1. The third-order valence-electron chi connectivity index (χ3n) is 5.04. The van der Waals surface area contributed by atoms with Crippen LogP contribution in [0.25, 0.3) is 0 Å². The fourth-order valence-electron chi connectivity index (χ4n) is 3.84. The number of benzene rings is 1. The van der Waals surface area contributed by atoms with Gasteiger partial charge in [0.1, 0.15) is 5.82 Å². The molecule has 23 heavy (non-hydrogen) atoms. The zero-order valence-corrected chi connectivity index (χ0v) is 13.3. The Kier molecular flexibility index (Phi) is 3.45. The molecule has 0 fully saturated rings. The van der Waals surface area contributed by atoms with Crippen LogP contribution in [-0.2, 0) is 24.2 Å². The minimum absolute atomic E-state index is 0.0306. The molecular formula is C18H21N3O2. The molecule has 0 saturated heterocycles. The zero-order chi connectivity index (χ0) is 16.0. The molecule has 0 bridgehead atoms. The molecule has 1 aromatic carbocycles. The summed E-state index contributed by atoms with van der Waals surface area (Å²) in [7, 11) is 0. The second kappa shape index (κ2) is 5.49. The van der Waals surface area contributed by atoms with Gasteiger partial charge in [-0.25, -0.2) is 4.98 Å². The van der Waals surface area contributed by atoms with Crippen molar-refractivity contribution in [3.63, 3.8) is 0 Å². The highest BCUT2D eigenvalue weighted by atomic mass is 16.3. The molecule has 2 aromatic rings. The zero-order valence-electron chi connectivity index (χ0n) is 13.3. The Labute approximate surface area is 135 Å². The fourth-order valence-corrected chi connectivity index (χ4v) is 3.84. The second-order valence-corrected chi connectivity index (χ2v) is 6.57. The molecule has 1 amide bonds. The number of hydrogen-bond acceptors (Lipinski definition) is 3. The lowest BCUT2D eigenvalue weighted by molar-refractivity contribution is -0.123. The van der Waals surface area contributed by atoms with E-state index in [1.807, 2.05) is 37.4 Å². The molecule has 0 radical (unpaired) electrons. The predicted molar refractivity (Wildman–Crippen MR) is 87.3 cm³/mol. The van der Waals surface area contributed by atoms with Crippen LogP contribution in [-0.4, -0.2) is 33.2 Å². The Morgan fingerprint density at radius 1 is 1.30 bits per heavy atom. The van der Waals surface area contributed by atoms with Crippen molar-refractivity contribution in [3.05, 3.63) is 47.5 Å². The number of carbonyl (C=O) groups is 1. The molecule has 5 nitrogen and oxygen atoms in total. The first-order valence-electron chi connectivity index (χ1n) is 8.22. The van der Waals surface area contributed by atoms with E-state index in [0.29, 0.717) is 13.0 Å². The highest BCUT2D eigenvalue weighted by Crippen LogP contribution is 2.31. The number of amides is 1. The van der Waals surface area contributed by atoms with Crippen molar-refractivity contribution in [2.45, 2.75) is 38.8 Å². The van der Waals surface area contributed by atoms with Gasteiger partial charge in [0, 0.05) is 42.9 Å². The number of carbonyl (C=O) groups excluding carboxylic acids is 1. The van der Waals surface area contributed by atoms with Gasteiger partial charge in [0.15, 0.2) is 0 Å². The van der Waals surface area contributed by atoms with E-state index in [4.69, 9.17) is 0 Å². The minimum atomic E-state index is -0.481. The number of nitrogens with zero attached hydrogens (tertiary/aromatic N) is 3. The van der Waals surface area contributed by atoms with Gasteiger partial charge in [0.05, 0.1) is 12.6 Å². The number of aliphatic hydroxyl groups excluding tert-OH is 1. The normalized spacial score (nSPS) is 23.3. The highest BCUT2D eigenvalue weighted by Gasteiger charge is 2.33. The van der Waals surface area contributed by atoms with Crippen LogP contribution in [0.2, 0.25) is 0 Å². The third-order valence-corrected chi connectivity index (χ3v) is 5.04. The van der Waals surface area contributed by atoms with Gasteiger partial charge < -0.3 is 14.6 Å². The molecule has 0 aliphatic carbocycles. The molecule has 0 spiro atoms. The van der Waals surface area contributed by atoms with Gasteiger partial charge in [-0.3, -0.25) is 4.79 Å². The van der Waals surface area contributed by atoms with Crippen LogP contribution in [0, 0.1) is 12.8 Å². The summed E-state index contributed by atoms with van der Waals surface area (Å²) in [5, 5.41) is 10.1. The predicted octanol–water partition coefficient (Wildman–Crippen LogP) is 1.70. The van der Waals surface area contributed by atoms with Gasteiger partial charge in [0.25, 0.3) is 0 Å². The first-order chi connectivity index (χ1) is 11.1. The highest BCUT2D eigenvalue weighted by molar-refractivity contribution is 5.96. The van der Waals surface area contributed by atoms with Crippen molar-refractivity contribution >= 4 is 11.6 Å². The summed E-state index contributed by atoms with van der Waals surface area (Å²) in [5.74, 6) is 1.11. The number of β-amino-alcohol motifs (C(OH)–C–C–N with tert-alkyl or cyclic N) is 1. The number of rotatable bonds is 1. The Balaban J connectivity index is 1.60. The van der Waals surface area contributed by atoms with Crippen molar-refractivity contribution in [2.75, 3.05) is 11.4 Å². The smallest absolute Gasteiger partial charge is 0.230 e. The Morgan fingerprint density at radius 2 is 2.13 bits per heavy atom. The first kappa shape index (κ1) is 14.5. The Morgan fingerprint density at radius 3 is 3.00 bits per heavy atom. The van der Waals surface area contributed by atoms with Crippen LogP contribution >= 0.6 is 0 Å². The summed E-state index contributed by atoms with van der Waals surface area (Å²) < 4.78 is 2.20. The summed E-state index contributed by atoms with van der Waals surface area (Å²) in [5.41, 5.74) is 3.15. The second-order valence-electron chi connectivity index (χ2n) is 6.57. The van der Waals surface area contributed by atoms with Gasteiger partial charge in [-0.05, 0) is 25.0 Å². The van der Waals surface area contributed by atoms with E-state index in [0.717, 1.165) is 42.2 Å². The largest absolute Gasteiger partial charge is 0.391 e. The summed E-state index contributed by atoms with van der Waals surface area (Å²) in [6, 6.07) is 7.89. The molecule has 2 unspecified atom stereocenters. The number of anilines is 1. The van der Waals surface area contributed by atoms with Crippen LogP contribution < -0.4 is 4.90 Å². The number of para-hydroxylation sites is 1. The molecule has 2 aliphatic heterocycles. The lowest BCUT2D eigenvalue weighted by atomic mass is 9.92. The van der Waals surface area contributed by atoms with Crippen molar-refractivity contribution in [3.8, 4) is 0 Å². The quantitative estimate of drug-likeness (QED) is 0.872. The van der Waals surface area contributed by atoms with Crippen molar-refractivity contribution in [1.29, 1.82) is 0 Å². The molecule has 0 saturated carbocycles. The number of hydrogen-bond donors (Lipinski definition) is 1. The number of aliphatic hydroxyl groups is 1. The van der Waals surface area contributed by atoms with E-state index < -0.39 is 6.10 Å². The lowest BCUT2D eigenvalue weighted by Crippen LogP contribution is -2.46. The average molecular weight is 311 g/mol. The van der Waals surface area contributed by atoms with Gasteiger partial charge >= 0.3 is 0 Å². The van der Waals surface area contributed by atoms with Crippen molar-refractivity contribution < 1.29 is 9.90 Å². The van der Waals surface area contributed by atoms with Gasteiger partial charge in [0.2, 0.25) is 5.91 Å². The molecule has 1 aromatic heterocycles. The fraction of sp³-hybridized carbons (Fsp3) is 0.444. The maximum Gasteiger partial charge on any atom is 0.230 e. The van der Waals surface area contributed by atoms with E-state index in [1.165, 1.54) is 0 Å². The average Bonchev–Trinajstić information content (AvgIpc) is 2.94. The molecule has 1 N–H and O–H groups in total. The number of aromatic nitrogens is 2. The first-order valence-corrected chi connectivity index (χ1v) is 8.22. The van der Waals surface area contributed by atoms with E-state index in [2.05, 4.69) is 9.55 Å². The van der Waals surface area contributed by atoms with Crippen molar-refractivity contribution in [2.24, 2.45) is 5.92 Å². The molecule has 2 atom stereocenters. The maximum absolute atomic E-state index is 13.1. The molecular weight excluding hydrogens is 290 g/mol. The maximum atomic E-state index is 13.1. The summed E-state index contributed by atoms with van der Waals surface area (Å²) in [4.78, 5) is 19.2. The Hall–Kier alpha value is -2.14. The van der Waals surface area contributed by atoms with Gasteiger partial charge in [-0.15, -0.1) is 0 Å². The van der Waals surface area contributed by atoms with E-state index in [9.17, 15) is 9.90 Å². The molecule has 5 heteroatoms. The van der Waals surface area contributed by atoms with Gasteiger partial charge in [-0.1, -0.05) is 18.2 Å². The Bertz CT molecular complexity index is 752. The summed E-state index contributed by atoms with van der Waals surface area (Å²) in [6.45, 7) is 3.24. The van der Waals surface area contributed by atoms with E-state index in [-0.39, 0.29) is 11.8 Å². The topological polar surface area (TPSA) is 58.4 Å². The third kappa shape index (κ3) is 2.45. The van der Waals surface area contributed by atoms with E-state index in [1.54, 1.807) is 4.90 Å². The van der Waals surface area contributed by atoms with Crippen LogP contribution in [0.4, 0.5) is 5.69 Å². The minimum Gasteiger partial charge on any atom is -0.391 e. The van der Waals surface area contributed by atoms with Gasteiger partial charge in [-0.2, -0.15) is 0 Å². The van der Waals surface area contributed by atoms with Crippen LogP contribution in [0.1, 0.15) is 23.5 Å². The van der Waals surface area contributed by atoms with Crippen molar-refractivity contribution in [1.82, 2.24) is 9.55 Å². The summed E-state index contributed by atoms with van der Waals surface area (Å²) in [6.07, 6.45) is 3.58. The molecule has 3 heterocycles. The SMILES string of the molecule is Cc1ncc2n1CCC(C(=O)N1CC(O)Cc3ccccc31)C2. The standard InChI is InChI=1S/C18H21N3O2/c1-12-19-10-15-8-14(6-7-20(12)15)18(23)21-11-16(22)9-13-4-2-3-5-17(13)21/h2-5,10,14,16,22H,6-9,11H2,1H3. The van der Waals surface area contributed by atoms with Crippen LogP contribution in [0.3, 0.4) is 0 Å².